The minimum absolute atomic E-state index is 0.233. The van der Waals surface area contributed by atoms with Gasteiger partial charge in [-0.3, -0.25) is 0 Å². The number of hydrogen-bond acceptors (Lipinski definition) is 7. The Labute approximate surface area is 159 Å². The van der Waals surface area contributed by atoms with Gasteiger partial charge in [-0.05, 0) is 36.4 Å². The Kier molecular flexibility index (Phi) is 4.76. The van der Waals surface area contributed by atoms with E-state index in [1.54, 1.807) is 18.2 Å². The number of hydrogen-bond donors (Lipinski definition) is 3. The molecule has 1 aliphatic heterocycles. The first-order chi connectivity index (χ1) is 13.7. The Balaban J connectivity index is 1.61. The van der Waals surface area contributed by atoms with Gasteiger partial charge < -0.3 is 20.4 Å². The molecule has 3 aromatic rings. The number of benzene rings is 2. The lowest BCUT2D eigenvalue weighted by Gasteiger charge is -2.14. The highest BCUT2D eigenvalue weighted by Crippen LogP contribution is 2.32. The molecule has 2 heterocycles. The summed E-state index contributed by atoms with van der Waals surface area (Å²) in [6, 6.07) is 11.5. The first kappa shape index (κ1) is 17.7. The van der Waals surface area contributed by atoms with Crippen molar-refractivity contribution in [1.82, 2.24) is 10.2 Å². The standard InChI is InChI=1S/C19H16F2N6O/c20-7-14(8-21)25-15-3-1-11(5-13(15)9-22)18-26-27-19(28-18)12-2-4-16-17(6-12)24-10-23-16/h1-6,14,23-25H,7-8,10H2. The van der Waals surface area contributed by atoms with Gasteiger partial charge in [0.2, 0.25) is 11.8 Å². The van der Waals surface area contributed by atoms with Gasteiger partial charge in [-0.15, -0.1) is 10.2 Å². The number of rotatable bonds is 6. The molecule has 28 heavy (non-hydrogen) atoms. The Morgan fingerprint density at radius 2 is 1.71 bits per heavy atom. The second-order valence-electron chi connectivity index (χ2n) is 6.23. The van der Waals surface area contributed by atoms with Crippen molar-refractivity contribution in [2.24, 2.45) is 0 Å². The van der Waals surface area contributed by atoms with Crippen molar-refractivity contribution in [3.63, 3.8) is 0 Å². The van der Waals surface area contributed by atoms with Gasteiger partial charge in [-0.1, -0.05) is 0 Å². The van der Waals surface area contributed by atoms with Crippen LogP contribution < -0.4 is 16.0 Å². The van der Waals surface area contributed by atoms with Crippen LogP contribution in [0.5, 0.6) is 0 Å². The zero-order chi connectivity index (χ0) is 19.5. The van der Waals surface area contributed by atoms with Gasteiger partial charge in [0.05, 0.1) is 35.3 Å². The summed E-state index contributed by atoms with van der Waals surface area (Å²) >= 11 is 0. The molecule has 0 bridgehead atoms. The molecule has 4 rings (SSSR count). The third-order valence-electron chi connectivity index (χ3n) is 4.37. The molecule has 0 amide bonds. The Morgan fingerprint density at radius 1 is 1.04 bits per heavy atom. The average molecular weight is 382 g/mol. The summed E-state index contributed by atoms with van der Waals surface area (Å²) in [6.45, 7) is -1.08. The first-order valence-corrected chi connectivity index (χ1v) is 8.60. The fraction of sp³-hybridized carbons (Fsp3) is 0.211. The third kappa shape index (κ3) is 3.32. The predicted octanol–water partition coefficient (Wildman–Crippen LogP) is 3.79. The molecule has 0 unspecified atom stereocenters. The number of nitrogens with zero attached hydrogens (tertiary/aromatic N) is 3. The molecule has 0 spiro atoms. The summed E-state index contributed by atoms with van der Waals surface area (Å²) in [5.74, 6) is 0.597. The van der Waals surface area contributed by atoms with E-state index in [9.17, 15) is 14.0 Å². The van der Waals surface area contributed by atoms with E-state index in [-0.39, 0.29) is 11.5 Å². The van der Waals surface area contributed by atoms with Crippen LogP contribution in [-0.4, -0.2) is 36.3 Å². The van der Waals surface area contributed by atoms with Crippen LogP contribution in [0.4, 0.5) is 25.8 Å². The number of fused-ring (bicyclic) bond motifs is 1. The summed E-state index contributed by atoms with van der Waals surface area (Å²) < 4.78 is 31.2. The maximum atomic E-state index is 12.7. The monoisotopic (exact) mass is 382 g/mol. The predicted molar refractivity (Wildman–Crippen MR) is 101 cm³/mol. The van der Waals surface area contributed by atoms with E-state index in [0.29, 0.717) is 23.8 Å². The highest BCUT2D eigenvalue weighted by atomic mass is 19.1. The fourth-order valence-corrected chi connectivity index (χ4v) is 2.90. The summed E-state index contributed by atoms with van der Waals surface area (Å²) in [7, 11) is 0. The van der Waals surface area contributed by atoms with Crippen molar-refractivity contribution in [3.05, 3.63) is 42.0 Å². The van der Waals surface area contributed by atoms with Crippen molar-refractivity contribution in [2.45, 2.75) is 6.04 Å². The molecular weight excluding hydrogens is 366 g/mol. The molecule has 0 atom stereocenters. The molecular formula is C19H16F2N6O. The second kappa shape index (κ2) is 7.52. The van der Waals surface area contributed by atoms with Gasteiger partial charge in [0, 0.05) is 11.1 Å². The molecule has 0 saturated heterocycles. The number of alkyl halides is 2. The van der Waals surface area contributed by atoms with Gasteiger partial charge >= 0.3 is 0 Å². The van der Waals surface area contributed by atoms with Crippen LogP contribution in [0, 0.1) is 11.3 Å². The number of anilines is 3. The molecule has 0 saturated carbocycles. The summed E-state index contributed by atoms with van der Waals surface area (Å²) in [5, 5.41) is 26.6. The molecule has 0 fully saturated rings. The highest BCUT2D eigenvalue weighted by molar-refractivity contribution is 5.78. The molecule has 0 radical (unpaired) electrons. The van der Waals surface area contributed by atoms with E-state index in [1.807, 2.05) is 24.3 Å². The quantitative estimate of drug-likeness (QED) is 0.596. The van der Waals surface area contributed by atoms with Gasteiger partial charge in [0.15, 0.2) is 0 Å². The topological polar surface area (TPSA) is 98.8 Å². The summed E-state index contributed by atoms with van der Waals surface area (Å²) in [5.41, 5.74) is 3.85. The minimum atomic E-state index is -0.990. The first-order valence-electron chi connectivity index (χ1n) is 8.60. The molecule has 9 heteroatoms. The van der Waals surface area contributed by atoms with E-state index < -0.39 is 19.4 Å². The van der Waals surface area contributed by atoms with Crippen LogP contribution in [0.3, 0.4) is 0 Å². The van der Waals surface area contributed by atoms with Crippen LogP contribution in [0.15, 0.2) is 40.8 Å². The number of nitrogens with one attached hydrogen (secondary N) is 3. The maximum Gasteiger partial charge on any atom is 0.248 e. The largest absolute Gasteiger partial charge is 0.416 e. The Morgan fingerprint density at radius 3 is 2.43 bits per heavy atom. The lowest BCUT2D eigenvalue weighted by molar-refractivity contribution is 0.368. The van der Waals surface area contributed by atoms with Crippen LogP contribution in [0.1, 0.15) is 5.56 Å². The fourth-order valence-electron chi connectivity index (χ4n) is 2.90. The van der Waals surface area contributed by atoms with Crippen molar-refractivity contribution in [3.8, 4) is 29.0 Å². The molecule has 1 aromatic heterocycles. The van der Waals surface area contributed by atoms with Crippen LogP contribution in [-0.2, 0) is 0 Å². The van der Waals surface area contributed by atoms with E-state index in [1.165, 1.54) is 0 Å². The van der Waals surface area contributed by atoms with Crippen molar-refractivity contribution >= 4 is 17.1 Å². The van der Waals surface area contributed by atoms with Gasteiger partial charge in [0.25, 0.3) is 0 Å². The van der Waals surface area contributed by atoms with E-state index in [4.69, 9.17) is 4.42 Å². The van der Waals surface area contributed by atoms with E-state index in [2.05, 4.69) is 26.1 Å². The summed E-state index contributed by atoms with van der Waals surface area (Å²) in [6.07, 6.45) is 0. The zero-order valence-electron chi connectivity index (χ0n) is 14.7. The normalized spacial score (nSPS) is 12.2. The molecule has 0 aliphatic carbocycles. The van der Waals surface area contributed by atoms with Crippen molar-refractivity contribution in [1.29, 1.82) is 5.26 Å². The molecule has 1 aliphatic rings. The van der Waals surface area contributed by atoms with Gasteiger partial charge in [0.1, 0.15) is 19.4 Å². The van der Waals surface area contributed by atoms with E-state index >= 15 is 0 Å². The third-order valence-corrected chi connectivity index (χ3v) is 4.37. The van der Waals surface area contributed by atoms with Crippen LogP contribution in [0.25, 0.3) is 22.9 Å². The number of nitriles is 1. The molecule has 142 valence electrons. The van der Waals surface area contributed by atoms with Crippen LogP contribution >= 0.6 is 0 Å². The summed E-state index contributed by atoms with van der Waals surface area (Å²) in [4.78, 5) is 0. The number of aromatic nitrogens is 2. The smallest absolute Gasteiger partial charge is 0.248 e. The lowest BCUT2D eigenvalue weighted by Crippen LogP contribution is -2.24. The molecule has 2 aromatic carbocycles. The van der Waals surface area contributed by atoms with Crippen molar-refractivity contribution in [2.75, 3.05) is 36.0 Å². The molecule has 7 nitrogen and oxygen atoms in total. The SMILES string of the molecule is N#Cc1cc(-c2nnc(-c3ccc4c(c3)NCN4)o2)ccc1NC(CF)CF. The lowest BCUT2D eigenvalue weighted by atomic mass is 10.1. The van der Waals surface area contributed by atoms with Gasteiger partial charge in [-0.25, -0.2) is 8.78 Å². The van der Waals surface area contributed by atoms with Crippen LogP contribution in [0.2, 0.25) is 0 Å². The van der Waals surface area contributed by atoms with Gasteiger partial charge in [-0.2, -0.15) is 5.26 Å². The zero-order valence-corrected chi connectivity index (χ0v) is 14.7. The highest BCUT2D eigenvalue weighted by Gasteiger charge is 2.16. The minimum Gasteiger partial charge on any atom is -0.416 e. The second-order valence-corrected chi connectivity index (χ2v) is 6.23. The number of halogens is 2. The Hall–Kier alpha value is -3.67. The Bertz CT molecular complexity index is 1040. The molecule has 3 N–H and O–H groups in total. The maximum absolute atomic E-state index is 12.7. The van der Waals surface area contributed by atoms with E-state index in [0.717, 1.165) is 16.9 Å². The average Bonchev–Trinajstić information content (AvgIpc) is 3.41. The van der Waals surface area contributed by atoms with Crippen molar-refractivity contribution < 1.29 is 13.2 Å².